The number of pyridine rings is 1. The lowest BCUT2D eigenvalue weighted by atomic mass is 9.99. The number of hydrogen-bond acceptors (Lipinski definition) is 6. The number of nitrogens with one attached hydrogen (secondary N) is 1. The highest BCUT2D eigenvalue weighted by Crippen LogP contribution is 2.26. The second kappa shape index (κ2) is 7.78. The smallest absolute Gasteiger partial charge is 0.214 e. The Labute approximate surface area is 177 Å². The molecule has 0 saturated heterocycles. The van der Waals surface area contributed by atoms with Crippen molar-refractivity contribution in [1.82, 2.24) is 19.6 Å². The summed E-state index contributed by atoms with van der Waals surface area (Å²) in [5, 5.41) is 18.0. The summed E-state index contributed by atoms with van der Waals surface area (Å²) in [5.74, 6) is 0. The van der Waals surface area contributed by atoms with Crippen LogP contribution < -0.4 is 5.32 Å². The second-order valence-electron chi connectivity index (χ2n) is 6.71. The van der Waals surface area contributed by atoms with Gasteiger partial charge in [-0.05, 0) is 34.9 Å². The fraction of sp³-hybridized carbons (Fsp3) is 0.0435. The van der Waals surface area contributed by atoms with Crippen molar-refractivity contribution >= 4 is 21.4 Å². The number of rotatable bonds is 5. The molecular formula is C23H16N6S. The van der Waals surface area contributed by atoms with Gasteiger partial charge < -0.3 is 5.32 Å². The van der Waals surface area contributed by atoms with Crippen LogP contribution in [0.2, 0.25) is 0 Å². The monoisotopic (exact) mass is 408 g/mol. The highest BCUT2D eigenvalue weighted by molar-refractivity contribution is 7.20. The first-order chi connectivity index (χ1) is 14.8. The molecule has 0 bridgehead atoms. The number of nitrogens with zero attached hydrogens (tertiary/aromatic N) is 5. The zero-order valence-electron chi connectivity index (χ0n) is 15.9. The average Bonchev–Trinajstić information content (AvgIpc) is 3.38. The molecule has 1 N–H and O–H groups in total. The molecule has 0 aliphatic carbocycles. The van der Waals surface area contributed by atoms with Gasteiger partial charge in [-0.2, -0.15) is 5.26 Å². The fourth-order valence-corrected chi connectivity index (χ4v) is 4.01. The fourth-order valence-electron chi connectivity index (χ4n) is 3.24. The minimum atomic E-state index is 0.659. The van der Waals surface area contributed by atoms with Crippen LogP contribution in [0.5, 0.6) is 0 Å². The number of nitriles is 1. The number of anilines is 1. The molecule has 0 aliphatic rings. The van der Waals surface area contributed by atoms with Gasteiger partial charge in [-0.15, -0.1) is 5.10 Å². The highest BCUT2D eigenvalue weighted by Gasteiger charge is 2.10. The molecular weight excluding hydrogens is 392 g/mol. The van der Waals surface area contributed by atoms with Crippen LogP contribution in [-0.4, -0.2) is 19.6 Å². The molecule has 2 aromatic carbocycles. The third-order valence-corrected chi connectivity index (χ3v) is 5.64. The molecule has 0 fully saturated rings. The van der Waals surface area contributed by atoms with Crippen LogP contribution in [0.15, 0.2) is 79.3 Å². The molecule has 3 aromatic heterocycles. The molecule has 0 saturated carbocycles. The van der Waals surface area contributed by atoms with E-state index in [0.717, 1.165) is 38.0 Å². The summed E-state index contributed by atoms with van der Waals surface area (Å²) in [6, 6.07) is 22.0. The molecule has 7 heteroatoms. The van der Waals surface area contributed by atoms with Gasteiger partial charge in [0.25, 0.3) is 0 Å². The molecule has 0 radical (unpaired) electrons. The van der Waals surface area contributed by atoms with E-state index in [9.17, 15) is 5.26 Å². The molecule has 5 aromatic rings. The summed E-state index contributed by atoms with van der Waals surface area (Å²) < 4.78 is 1.79. The summed E-state index contributed by atoms with van der Waals surface area (Å²) in [4.78, 5) is 9.60. The molecule has 0 atom stereocenters. The number of aromatic nitrogens is 4. The molecule has 5 rings (SSSR count). The van der Waals surface area contributed by atoms with E-state index in [1.807, 2.05) is 54.7 Å². The van der Waals surface area contributed by atoms with Crippen LogP contribution in [0.25, 0.3) is 27.3 Å². The standard InChI is InChI=1S/C23H16N6S/c24-12-18-4-1-2-6-20(18)17-9-7-16(8-10-17)13-26-22-28-29-15-21(27-23(29)30-22)19-5-3-11-25-14-19/h1-11,14-15H,13H2,(H,26,28). The maximum Gasteiger partial charge on any atom is 0.214 e. The van der Waals surface area contributed by atoms with E-state index >= 15 is 0 Å². The topological polar surface area (TPSA) is 78.9 Å². The van der Waals surface area contributed by atoms with Gasteiger partial charge in [0.1, 0.15) is 0 Å². The second-order valence-corrected chi connectivity index (χ2v) is 7.67. The van der Waals surface area contributed by atoms with E-state index < -0.39 is 0 Å². The van der Waals surface area contributed by atoms with Gasteiger partial charge in [0.2, 0.25) is 10.1 Å². The van der Waals surface area contributed by atoms with Crippen molar-refractivity contribution in [3.05, 3.63) is 90.4 Å². The molecule has 3 heterocycles. The van der Waals surface area contributed by atoms with Crippen LogP contribution in [0.1, 0.15) is 11.1 Å². The Morgan fingerprint density at radius 3 is 2.63 bits per heavy atom. The summed E-state index contributed by atoms with van der Waals surface area (Å²) in [5.41, 5.74) is 5.64. The molecule has 144 valence electrons. The Morgan fingerprint density at radius 1 is 1.00 bits per heavy atom. The predicted octanol–water partition coefficient (Wildman–Crippen LogP) is 5.00. The van der Waals surface area contributed by atoms with Gasteiger partial charge in [0.15, 0.2) is 0 Å². The zero-order chi connectivity index (χ0) is 20.3. The maximum atomic E-state index is 9.29. The van der Waals surface area contributed by atoms with Crippen LogP contribution >= 0.6 is 11.3 Å². The Kier molecular flexibility index (Phi) is 4.68. The average molecular weight is 408 g/mol. The third kappa shape index (κ3) is 3.52. The van der Waals surface area contributed by atoms with E-state index in [-0.39, 0.29) is 0 Å². The Hall–Kier alpha value is -4.02. The molecule has 6 nitrogen and oxygen atoms in total. The highest BCUT2D eigenvalue weighted by atomic mass is 32.1. The molecule has 0 amide bonds. The van der Waals surface area contributed by atoms with Gasteiger partial charge in [-0.3, -0.25) is 4.98 Å². The van der Waals surface area contributed by atoms with E-state index in [1.165, 1.54) is 11.3 Å². The predicted molar refractivity (Wildman–Crippen MR) is 118 cm³/mol. The SMILES string of the molecule is N#Cc1ccccc1-c1ccc(CNc2nn3cc(-c4cccnc4)nc3s2)cc1. The van der Waals surface area contributed by atoms with Crippen LogP contribution in [0.4, 0.5) is 5.13 Å². The number of hydrogen-bond donors (Lipinski definition) is 1. The van der Waals surface area contributed by atoms with Crippen molar-refractivity contribution in [3.63, 3.8) is 0 Å². The lowest BCUT2D eigenvalue weighted by Gasteiger charge is -2.06. The molecule has 0 unspecified atom stereocenters. The Morgan fingerprint density at radius 2 is 1.87 bits per heavy atom. The van der Waals surface area contributed by atoms with E-state index in [0.29, 0.717) is 12.1 Å². The molecule has 30 heavy (non-hydrogen) atoms. The maximum absolute atomic E-state index is 9.29. The minimum Gasteiger partial charge on any atom is -0.356 e. The van der Waals surface area contributed by atoms with Gasteiger partial charge in [-0.1, -0.05) is 53.8 Å². The van der Waals surface area contributed by atoms with Crippen molar-refractivity contribution in [2.24, 2.45) is 0 Å². The van der Waals surface area contributed by atoms with Crippen molar-refractivity contribution in [2.45, 2.75) is 6.54 Å². The third-order valence-electron chi connectivity index (χ3n) is 4.76. The number of imidazole rings is 1. The largest absolute Gasteiger partial charge is 0.356 e. The van der Waals surface area contributed by atoms with Gasteiger partial charge >= 0.3 is 0 Å². The lowest BCUT2D eigenvalue weighted by Crippen LogP contribution is -1.99. The quantitative estimate of drug-likeness (QED) is 0.442. The number of benzene rings is 2. The Bertz CT molecular complexity index is 1310. The normalized spacial score (nSPS) is 10.8. The van der Waals surface area contributed by atoms with Crippen LogP contribution in [0.3, 0.4) is 0 Å². The minimum absolute atomic E-state index is 0.659. The van der Waals surface area contributed by atoms with E-state index in [1.54, 1.807) is 16.9 Å². The van der Waals surface area contributed by atoms with Crippen molar-refractivity contribution in [3.8, 4) is 28.5 Å². The van der Waals surface area contributed by atoms with Crippen molar-refractivity contribution in [2.75, 3.05) is 5.32 Å². The van der Waals surface area contributed by atoms with E-state index in [2.05, 4.69) is 38.6 Å². The summed E-state index contributed by atoms with van der Waals surface area (Å²) >= 11 is 1.51. The van der Waals surface area contributed by atoms with Gasteiger partial charge in [-0.25, -0.2) is 9.50 Å². The summed E-state index contributed by atoms with van der Waals surface area (Å²) in [6.45, 7) is 0.659. The summed E-state index contributed by atoms with van der Waals surface area (Å²) in [6.07, 6.45) is 5.46. The first kappa shape index (κ1) is 18.0. The van der Waals surface area contributed by atoms with Crippen molar-refractivity contribution in [1.29, 1.82) is 5.26 Å². The first-order valence-electron chi connectivity index (χ1n) is 9.39. The van der Waals surface area contributed by atoms with E-state index in [4.69, 9.17) is 0 Å². The van der Waals surface area contributed by atoms with Crippen molar-refractivity contribution < 1.29 is 0 Å². The molecule has 0 spiro atoms. The van der Waals surface area contributed by atoms with Crippen LogP contribution in [0, 0.1) is 11.3 Å². The first-order valence-corrected chi connectivity index (χ1v) is 10.2. The lowest BCUT2D eigenvalue weighted by molar-refractivity contribution is 0.962. The van der Waals surface area contributed by atoms with Crippen LogP contribution in [-0.2, 0) is 6.54 Å². The summed E-state index contributed by atoms with van der Waals surface area (Å²) in [7, 11) is 0. The zero-order valence-corrected chi connectivity index (χ0v) is 16.7. The number of fused-ring (bicyclic) bond motifs is 1. The van der Waals surface area contributed by atoms with Gasteiger partial charge in [0, 0.05) is 24.5 Å². The molecule has 0 aliphatic heterocycles. The Balaban J connectivity index is 1.28. The van der Waals surface area contributed by atoms with Gasteiger partial charge in [0.05, 0.1) is 23.5 Å².